The smallest absolute Gasteiger partial charge is 0.257 e. The van der Waals surface area contributed by atoms with Gasteiger partial charge in [0.1, 0.15) is 6.10 Å². The van der Waals surface area contributed by atoms with Gasteiger partial charge in [-0.25, -0.2) is 4.98 Å². The second kappa shape index (κ2) is 9.15. The van der Waals surface area contributed by atoms with E-state index in [1.165, 1.54) is 11.3 Å². The molecule has 0 N–H and O–H groups in total. The van der Waals surface area contributed by atoms with E-state index in [1.54, 1.807) is 24.0 Å². The maximum Gasteiger partial charge on any atom is 0.257 e. The SMILES string of the molecule is C=CCCOC(C)C(=O)N(CC=C)c1nc(-c2ccccc2)cs1. The van der Waals surface area contributed by atoms with Crippen LogP contribution in [-0.2, 0) is 9.53 Å². The van der Waals surface area contributed by atoms with Gasteiger partial charge < -0.3 is 4.74 Å². The molecule has 1 amide bonds. The zero-order valence-electron chi connectivity index (χ0n) is 13.9. The van der Waals surface area contributed by atoms with Crippen LogP contribution in [0.15, 0.2) is 61.0 Å². The summed E-state index contributed by atoms with van der Waals surface area (Å²) in [4.78, 5) is 18.9. The minimum absolute atomic E-state index is 0.118. The van der Waals surface area contributed by atoms with Crippen molar-refractivity contribution in [2.24, 2.45) is 0 Å². The average Bonchev–Trinajstić information content (AvgIpc) is 3.09. The van der Waals surface area contributed by atoms with E-state index < -0.39 is 6.10 Å². The monoisotopic (exact) mass is 342 g/mol. The van der Waals surface area contributed by atoms with Gasteiger partial charge in [-0.3, -0.25) is 9.69 Å². The number of carbonyl (C=O) groups excluding carboxylic acids is 1. The van der Waals surface area contributed by atoms with Crippen LogP contribution in [0, 0.1) is 0 Å². The Hall–Kier alpha value is -2.24. The molecule has 0 saturated carbocycles. The predicted octanol–water partition coefficient (Wildman–Crippen LogP) is 4.31. The van der Waals surface area contributed by atoms with Crippen molar-refractivity contribution in [2.75, 3.05) is 18.1 Å². The number of hydrogen-bond donors (Lipinski definition) is 0. The first-order valence-corrected chi connectivity index (χ1v) is 8.71. The van der Waals surface area contributed by atoms with Gasteiger partial charge in [0.2, 0.25) is 0 Å². The number of hydrogen-bond acceptors (Lipinski definition) is 4. The van der Waals surface area contributed by atoms with Gasteiger partial charge in [0.05, 0.1) is 12.3 Å². The van der Waals surface area contributed by atoms with Crippen LogP contribution in [0.25, 0.3) is 11.3 Å². The fourth-order valence-electron chi connectivity index (χ4n) is 2.14. The van der Waals surface area contributed by atoms with Crippen LogP contribution in [0.2, 0.25) is 0 Å². The van der Waals surface area contributed by atoms with Crippen molar-refractivity contribution in [2.45, 2.75) is 19.4 Å². The van der Waals surface area contributed by atoms with E-state index in [0.29, 0.717) is 24.7 Å². The molecule has 5 heteroatoms. The number of nitrogens with zero attached hydrogens (tertiary/aromatic N) is 2. The van der Waals surface area contributed by atoms with Crippen molar-refractivity contribution in [3.05, 3.63) is 61.0 Å². The Morgan fingerprint density at radius 2 is 2.08 bits per heavy atom. The molecular weight excluding hydrogens is 320 g/mol. The number of carbonyl (C=O) groups is 1. The molecule has 126 valence electrons. The molecule has 0 bridgehead atoms. The van der Waals surface area contributed by atoms with Gasteiger partial charge in [0.25, 0.3) is 5.91 Å². The summed E-state index contributed by atoms with van der Waals surface area (Å²) >= 11 is 1.44. The molecule has 1 aromatic heterocycles. The molecule has 1 atom stereocenters. The van der Waals surface area contributed by atoms with Crippen LogP contribution in [0.5, 0.6) is 0 Å². The lowest BCUT2D eigenvalue weighted by Crippen LogP contribution is -2.39. The number of thiazole rings is 1. The topological polar surface area (TPSA) is 42.4 Å². The van der Waals surface area contributed by atoms with Gasteiger partial charge in [-0.2, -0.15) is 0 Å². The summed E-state index contributed by atoms with van der Waals surface area (Å²) in [5, 5.41) is 2.61. The Bertz CT molecular complexity index is 682. The lowest BCUT2D eigenvalue weighted by atomic mass is 10.2. The lowest BCUT2D eigenvalue weighted by Gasteiger charge is -2.22. The Labute approximate surface area is 147 Å². The fourth-order valence-corrected chi connectivity index (χ4v) is 2.99. The maximum atomic E-state index is 12.7. The van der Waals surface area contributed by atoms with Crippen molar-refractivity contribution >= 4 is 22.4 Å². The minimum atomic E-state index is -0.533. The van der Waals surface area contributed by atoms with Crippen LogP contribution in [-0.4, -0.2) is 30.1 Å². The maximum absolute atomic E-state index is 12.7. The number of benzene rings is 1. The number of aromatic nitrogens is 1. The molecular formula is C19H22N2O2S. The van der Waals surface area contributed by atoms with E-state index in [2.05, 4.69) is 18.1 Å². The highest BCUT2D eigenvalue weighted by atomic mass is 32.1. The molecule has 0 fully saturated rings. The van der Waals surface area contributed by atoms with Crippen LogP contribution < -0.4 is 4.90 Å². The van der Waals surface area contributed by atoms with Crippen molar-refractivity contribution < 1.29 is 9.53 Å². The third-order valence-electron chi connectivity index (χ3n) is 3.41. The summed E-state index contributed by atoms with van der Waals surface area (Å²) in [6.07, 6.45) is 3.65. The summed E-state index contributed by atoms with van der Waals surface area (Å²) in [6, 6.07) is 9.90. The van der Waals surface area contributed by atoms with E-state index in [0.717, 1.165) is 11.3 Å². The normalized spacial score (nSPS) is 11.7. The Kier molecular flexibility index (Phi) is 6.90. The average molecular weight is 342 g/mol. The summed E-state index contributed by atoms with van der Waals surface area (Å²) in [7, 11) is 0. The summed E-state index contributed by atoms with van der Waals surface area (Å²) in [5.74, 6) is -0.118. The van der Waals surface area contributed by atoms with Gasteiger partial charge >= 0.3 is 0 Å². The molecule has 4 nitrogen and oxygen atoms in total. The number of amides is 1. The molecule has 0 saturated heterocycles. The third-order valence-corrected chi connectivity index (χ3v) is 4.27. The molecule has 1 aromatic carbocycles. The fraction of sp³-hybridized carbons (Fsp3) is 0.263. The minimum Gasteiger partial charge on any atom is -0.368 e. The van der Waals surface area contributed by atoms with Crippen LogP contribution >= 0.6 is 11.3 Å². The Morgan fingerprint density at radius 1 is 1.33 bits per heavy atom. The largest absolute Gasteiger partial charge is 0.368 e. The predicted molar refractivity (Wildman–Crippen MR) is 100 cm³/mol. The van der Waals surface area contributed by atoms with Crippen molar-refractivity contribution in [3.8, 4) is 11.3 Å². The standard InChI is InChI=1S/C19H22N2O2S/c1-4-6-13-23-15(3)18(22)21(12-5-2)19-20-17(14-24-19)16-10-8-7-9-11-16/h4-5,7-11,14-15H,1-2,6,12-13H2,3H3. The van der Waals surface area contributed by atoms with Crippen molar-refractivity contribution in [3.63, 3.8) is 0 Å². The van der Waals surface area contributed by atoms with E-state index in [4.69, 9.17) is 4.74 Å². The quantitative estimate of drug-likeness (QED) is 0.504. The van der Waals surface area contributed by atoms with Crippen LogP contribution in [0.4, 0.5) is 5.13 Å². The number of anilines is 1. The highest BCUT2D eigenvalue weighted by Gasteiger charge is 2.24. The third kappa shape index (κ3) is 4.63. The Balaban J connectivity index is 2.15. The van der Waals surface area contributed by atoms with Gasteiger partial charge in [-0.15, -0.1) is 24.5 Å². The molecule has 0 aliphatic rings. The molecule has 0 aliphatic carbocycles. The molecule has 2 rings (SSSR count). The van der Waals surface area contributed by atoms with Gasteiger partial charge in [0, 0.05) is 17.5 Å². The zero-order valence-corrected chi connectivity index (χ0v) is 14.7. The van der Waals surface area contributed by atoms with E-state index in [1.807, 2.05) is 35.7 Å². The lowest BCUT2D eigenvalue weighted by molar-refractivity contribution is -0.128. The molecule has 2 aromatic rings. The van der Waals surface area contributed by atoms with E-state index in [9.17, 15) is 4.79 Å². The van der Waals surface area contributed by atoms with Crippen molar-refractivity contribution in [1.82, 2.24) is 4.98 Å². The summed E-state index contributed by atoms with van der Waals surface area (Å²) < 4.78 is 5.56. The second-order valence-electron chi connectivity index (χ2n) is 5.21. The first-order valence-electron chi connectivity index (χ1n) is 7.83. The van der Waals surface area contributed by atoms with Gasteiger partial charge in [-0.1, -0.05) is 42.5 Å². The summed E-state index contributed by atoms with van der Waals surface area (Å²) in [6.45, 7) is 10.0. The van der Waals surface area contributed by atoms with Gasteiger partial charge in [0.15, 0.2) is 5.13 Å². The van der Waals surface area contributed by atoms with Crippen LogP contribution in [0.3, 0.4) is 0 Å². The molecule has 0 aliphatic heterocycles. The van der Waals surface area contributed by atoms with Crippen LogP contribution in [0.1, 0.15) is 13.3 Å². The van der Waals surface area contributed by atoms with E-state index in [-0.39, 0.29) is 5.91 Å². The number of rotatable bonds is 9. The molecule has 0 radical (unpaired) electrons. The molecule has 1 heterocycles. The Morgan fingerprint density at radius 3 is 2.75 bits per heavy atom. The van der Waals surface area contributed by atoms with Gasteiger partial charge in [-0.05, 0) is 13.3 Å². The van der Waals surface area contributed by atoms with E-state index >= 15 is 0 Å². The highest BCUT2D eigenvalue weighted by Crippen LogP contribution is 2.28. The highest BCUT2D eigenvalue weighted by molar-refractivity contribution is 7.14. The zero-order chi connectivity index (χ0) is 17.4. The second-order valence-corrected chi connectivity index (χ2v) is 6.05. The summed E-state index contributed by atoms with van der Waals surface area (Å²) in [5.41, 5.74) is 1.89. The molecule has 0 spiro atoms. The van der Waals surface area contributed by atoms with Crippen molar-refractivity contribution in [1.29, 1.82) is 0 Å². The molecule has 1 unspecified atom stereocenters. The first kappa shape index (κ1) is 18.1. The first-order chi connectivity index (χ1) is 11.7. The number of ether oxygens (including phenoxy) is 1. The molecule has 24 heavy (non-hydrogen) atoms.